The highest BCUT2D eigenvalue weighted by atomic mass is 16.6. The number of esters is 1. The molecule has 0 amide bonds. The van der Waals surface area contributed by atoms with E-state index in [1.807, 2.05) is 12.1 Å². The predicted octanol–water partition coefficient (Wildman–Crippen LogP) is 2.07. The van der Waals surface area contributed by atoms with E-state index in [4.69, 9.17) is 9.47 Å². The molecule has 2 rings (SSSR count). The number of hydrogen-bond donors (Lipinski definition) is 1. The summed E-state index contributed by atoms with van der Waals surface area (Å²) in [6.07, 6.45) is 0.587. The minimum atomic E-state index is -0.386. The first-order chi connectivity index (χ1) is 8.13. The first-order valence-corrected chi connectivity index (χ1v) is 5.69. The predicted molar refractivity (Wildman–Crippen MR) is 62.1 cm³/mol. The summed E-state index contributed by atoms with van der Waals surface area (Å²) in [6.45, 7) is 1.73. The van der Waals surface area contributed by atoms with E-state index >= 15 is 0 Å². The molecule has 0 fully saturated rings. The van der Waals surface area contributed by atoms with Crippen molar-refractivity contribution in [1.29, 1.82) is 0 Å². The van der Waals surface area contributed by atoms with Crippen LogP contribution in [-0.4, -0.2) is 24.3 Å². The molecule has 2 atom stereocenters. The molecule has 0 radical (unpaired) electrons. The Hall–Kier alpha value is -1.55. The van der Waals surface area contributed by atoms with Crippen molar-refractivity contribution in [2.24, 2.45) is 0 Å². The molecule has 2 unspecified atom stereocenters. The van der Waals surface area contributed by atoms with Gasteiger partial charge in [-0.2, -0.15) is 0 Å². The molecule has 0 bridgehead atoms. The summed E-state index contributed by atoms with van der Waals surface area (Å²) in [7, 11) is 1.53. The highest BCUT2D eigenvalue weighted by molar-refractivity contribution is 5.97. The van der Waals surface area contributed by atoms with Crippen molar-refractivity contribution in [1.82, 2.24) is 0 Å². The Morgan fingerprint density at radius 2 is 2.29 bits per heavy atom. The topological polar surface area (TPSA) is 55.8 Å². The fraction of sp³-hybridized carbons (Fsp3) is 0.462. The van der Waals surface area contributed by atoms with Crippen LogP contribution < -0.4 is 4.74 Å². The van der Waals surface area contributed by atoms with Crippen LogP contribution in [0.2, 0.25) is 0 Å². The van der Waals surface area contributed by atoms with E-state index < -0.39 is 0 Å². The molecule has 92 valence electrons. The first kappa shape index (κ1) is 11.9. The number of methoxy groups -OCH3 is 1. The van der Waals surface area contributed by atoms with E-state index in [9.17, 15) is 9.90 Å². The molecule has 0 aromatic heterocycles. The summed E-state index contributed by atoms with van der Waals surface area (Å²) < 4.78 is 10.4. The van der Waals surface area contributed by atoms with Crippen LogP contribution in [0.3, 0.4) is 0 Å². The maximum atomic E-state index is 11.7. The van der Waals surface area contributed by atoms with Gasteiger partial charge in [-0.1, -0.05) is 12.1 Å². The Labute approximate surface area is 100 Å². The van der Waals surface area contributed by atoms with Gasteiger partial charge in [-0.05, 0) is 25.8 Å². The highest BCUT2D eigenvalue weighted by Crippen LogP contribution is 2.38. The van der Waals surface area contributed by atoms with Crippen molar-refractivity contribution in [2.45, 2.75) is 32.0 Å². The van der Waals surface area contributed by atoms with Gasteiger partial charge in [0, 0.05) is 5.56 Å². The van der Waals surface area contributed by atoms with Crippen molar-refractivity contribution in [3.63, 3.8) is 0 Å². The summed E-state index contributed by atoms with van der Waals surface area (Å²) in [6, 6.07) is 5.46. The molecule has 1 N–H and O–H groups in total. The third kappa shape index (κ3) is 2.26. The largest absolute Gasteiger partial charge is 0.496 e. The quantitative estimate of drug-likeness (QED) is 0.813. The number of cyclic esters (lactones) is 1. The van der Waals surface area contributed by atoms with Crippen LogP contribution >= 0.6 is 0 Å². The third-order valence-electron chi connectivity index (χ3n) is 2.93. The molecule has 4 nitrogen and oxygen atoms in total. The summed E-state index contributed by atoms with van der Waals surface area (Å²) in [5.74, 6) is 0.208. The summed E-state index contributed by atoms with van der Waals surface area (Å²) in [5.41, 5.74) is 1.38. The molecule has 1 aromatic carbocycles. The zero-order valence-corrected chi connectivity index (χ0v) is 9.97. The monoisotopic (exact) mass is 236 g/mol. The molecule has 4 heteroatoms. The van der Waals surface area contributed by atoms with Crippen LogP contribution in [-0.2, 0) is 4.74 Å². The molecule has 1 aliphatic heterocycles. The van der Waals surface area contributed by atoms with Crippen molar-refractivity contribution < 1.29 is 19.4 Å². The Bertz CT molecular complexity index is 425. The van der Waals surface area contributed by atoms with Gasteiger partial charge in [-0.3, -0.25) is 0 Å². The van der Waals surface area contributed by atoms with Gasteiger partial charge in [0.25, 0.3) is 0 Å². The minimum absolute atomic E-state index is 0.262. The number of rotatable bonds is 4. The fourth-order valence-corrected chi connectivity index (χ4v) is 2.06. The van der Waals surface area contributed by atoms with Crippen molar-refractivity contribution >= 4 is 5.97 Å². The molecule has 0 saturated carbocycles. The lowest BCUT2D eigenvalue weighted by atomic mass is 10.00. The smallest absolute Gasteiger partial charge is 0.342 e. The SMILES string of the molecule is COc1cccc2c1C(=O)OC2CCC(C)O. The number of carbonyl (C=O) groups is 1. The van der Waals surface area contributed by atoms with Gasteiger partial charge in [0.1, 0.15) is 17.4 Å². The van der Waals surface area contributed by atoms with Crippen molar-refractivity contribution in [3.8, 4) is 5.75 Å². The maximum absolute atomic E-state index is 11.7. The second-order valence-electron chi connectivity index (χ2n) is 4.24. The van der Waals surface area contributed by atoms with E-state index in [0.717, 1.165) is 5.56 Å². The Morgan fingerprint density at radius 1 is 1.53 bits per heavy atom. The van der Waals surface area contributed by atoms with Gasteiger partial charge < -0.3 is 14.6 Å². The van der Waals surface area contributed by atoms with Crippen LogP contribution in [0.25, 0.3) is 0 Å². The molecule has 1 aromatic rings. The molecular formula is C13H16O4. The summed E-state index contributed by atoms with van der Waals surface area (Å²) >= 11 is 0. The highest BCUT2D eigenvalue weighted by Gasteiger charge is 2.33. The number of benzene rings is 1. The summed E-state index contributed by atoms with van der Waals surface area (Å²) in [4.78, 5) is 11.7. The lowest BCUT2D eigenvalue weighted by Crippen LogP contribution is -2.05. The zero-order chi connectivity index (χ0) is 12.4. The third-order valence-corrected chi connectivity index (χ3v) is 2.93. The average molecular weight is 236 g/mol. The Balaban J connectivity index is 2.25. The second-order valence-corrected chi connectivity index (χ2v) is 4.24. The number of fused-ring (bicyclic) bond motifs is 1. The van der Waals surface area contributed by atoms with E-state index in [1.54, 1.807) is 13.0 Å². The van der Waals surface area contributed by atoms with Gasteiger partial charge in [0.2, 0.25) is 0 Å². The first-order valence-electron chi connectivity index (χ1n) is 5.69. The van der Waals surface area contributed by atoms with Gasteiger partial charge >= 0.3 is 5.97 Å². The van der Waals surface area contributed by atoms with Gasteiger partial charge in [-0.25, -0.2) is 4.79 Å². The lowest BCUT2D eigenvalue weighted by molar-refractivity contribution is 0.0331. The average Bonchev–Trinajstić information content (AvgIpc) is 2.64. The molecule has 1 heterocycles. The van der Waals surface area contributed by atoms with E-state index in [0.29, 0.717) is 24.2 Å². The molecular weight excluding hydrogens is 220 g/mol. The Morgan fingerprint density at radius 3 is 2.94 bits per heavy atom. The van der Waals surface area contributed by atoms with Gasteiger partial charge in [0.15, 0.2) is 0 Å². The van der Waals surface area contributed by atoms with E-state index in [1.165, 1.54) is 7.11 Å². The van der Waals surface area contributed by atoms with Crippen molar-refractivity contribution in [3.05, 3.63) is 29.3 Å². The lowest BCUT2D eigenvalue weighted by Gasteiger charge is -2.11. The second kappa shape index (κ2) is 4.75. The van der Waals surface area contributed by atoms with Crippen LogP contribution in [0.5, 0.6) is 5.75 Å². The van der Waals surface area contributed by atoms with E-state index in [2.05, 4.69) is 0 Å². The van der Waals surface area contributed by atoms with Gasteiger partial charge in [-0.15, -0.1) is 0 Å². The Kier molecular flexibility index (Phi) is 3.33. The number of ether oxygens (including phenoxy) is 2. The van der Waals surface area contributed by atoms with Crippen LogP contribution in [0.15, 0.2) is 18.2 Å². The standard InChI is InChI=1S/C13H16O4/c1-8(14)6-7-10-9-4-3-5-11(16-2)12(9)13(15)17-10/h3-5,8,10,14H,6-7H2,1-2H3. The number of hydrogen-bond acceptors (Lipinski definition) is 4. The molecule has 17 heavy (non-hydrogen) atoms. The minimum Gasteiger partial charge on any atom is -0.496 e. The van der Waals surface area contributed by atoms with Crippen LogP contribution in [0.1, 0.15) is 41.8 Å². The van der Waals surface area contributed by atoms with E-state index in [-0.39, 0.29) is 18.2 Å². The number of aliphatic hydroxyl groups is 1. The maximum Gasteiger partial charge on any atom is 0.342 e. The molecule has 0 saturated heterocycles. The van der Waals surface area contributed by atoms with Crippen LogP contribution in [0, 0.1) is 0 Å². The number of carbonyl (C=O) groups excluding carboxylic acids is 1. The molecule has 0 spiro atoms. The summed E-state index contributed by atoms with van der Waals surface area (Å²) in [5, 5.41) is 9.26. The zero-order valence-electron chi connectivity index (χ0n) is 9.97. The number of aliphatic hydroxyl groups excluding tert-OH is 1. The fourth-order valence-electron chi connectivity index (χ4n) is 2.06. The molecule has 0 aliphatic carbocycles. The molecule has 1 aliphatic rings. The van der Waals surface area contributed by atoms with Gasteiger partial charge in [0.05, 0.1) is 13.2 Å². The van der Waals surface area contributed by atoms with Crippen LogP contribution in [0.4, 0.5) is 0 Å². The van der Waals surface area contributed by atoms with Crippen molar-refractivity contribution in [2.75, 3.05) is 7.11 Å². The normalized spacial score (nSPS) is 19.7.